The second-order valence-corrected chi connectivity index (χ2v) is 6.31. The van der Waals surface area contributed by atoms with Crippen LogP contribution in [0.2, 0.25) is 0 Å². The molecule has 0 atom stereocenters. The zero-order valence-corrected chi connectivity index (χ0v) is 13.1. The molecule has 0 aromatic carbocycles. The van der Waals surface area contributed by atoms with Crippen molar-refractivity contribution < 1.29 is 0 Å². The van der Waals surface area contributed by atoms with Crippen LogP contribution in [0.15, 0.2) is 27.9 Å². The fourth-order valence-electron chi connectivity index (χ4n) is 3.16. The van der Waals surface area contributed by atoms with Gasteiger partial charge in [-0.15, -0.1) is 0 Å². The maximum atomic E-state index is 12.7. The summed E-state index contributed by atoms with van der Waals surface area (Å²) in [6.07, 6.45) is 3.38. The van der Waals surface area contributed by atoms with Crippen molar-refractivity contribution in [3.05, 3.63) is 39.0 Å². The maximum absolute atomic E-state index is 12.7. The van der Waals surface area contributed by atoms with Gasteiger partial charge in [-0.05, 0) is 44.0 Å². The number of nitrogens with one attached hydrogen (secondary N) is 1. The minimum Gasteiger partial charge on any atom is -0.317 e. The molecule has 0 saturated carbocycles. The van der Waals surface area contributed by atoms with Crippen molar-refractivity contribution >= 4 is 11.2 Å². The van der Waals surface area contributed by atoms with Gasteiger partial charge in [0.15, 0.2) is 5.65 Å². The molecule has 0 unspecified atom stereocenters. The van der Waals surface area contributed by atoms with Crippen LogP contribution in [-0.2, 0) is 6.54 Å². The van der Waals surface area contributed by atoms with Gasteiger partial charge in [0.25, 0.3) is 0 Å². The third-order valence-electron chi connectivity index (χ3n) is 4.15. The van der Waals surface area contributed by atoms with E-state index in [9.17, 15) is 9.59 Å². The van der Waals surface area contributed by atoms with Crippen LogP contribution in [-0.4, -0.2) is 27.2 Å². The summed E-state index contributed by atoms with van der Waals surface area (Å²) in [4.78, 5) is 29.6. The topological polar surface area (TPSA) is 68.9 Å². The molecule has 0 amide bonds. The van der Waals surface area contributed by atoms with Gasteiger partial charge in [-0.2, -0.15) is 0 Å². The predicted octanol–water partition coefficient (Wildman–Crippen LogP) is 1.14. The average molecular weight is 302 g/mol. The third kappa shape index (κ3) is 2.59. The molecule has 1 fully saturated rings. The molecule has 0 bridgehead atoms. The molecule has 2 aromatic heterocycles. The fraction of sp³-hybridized carbons (Fsp3) is 0.562. The second-order valence-electron chi connectivity index (χ2n) is 6.31. The molecule has 22 heavy (non-hydrogen) atoms. The number of piperidine rings is 1. The first-order valence-corrected chi connectivity index (χ1v) is 7.90. The van der Waals surface area contributed by atoms with Gasteiger partial charge < -0.3 is 9.88 Å². The lowest BCUT2D eigenvalue weighted by atomic mass is 10.1. The highest BCUT2D eigenvalue weighted by Crippen LogP contribution is 2.20. The van der Waals surface area contributed by atoms with E-state index in [0.29, 0.717) is 12.2 Å². The Morgan fingerprint density at radius 3 is 2.68 bits per heavy atom. The van der Waals surface area contributed by atoms with Crippen LogP contribution in [0.25, 0.3) is 11.2 Å². The summed E-state index contributed by atoms with van der Waals surface area (Å²) in [5.41, 5.74) is 0.491. The van der Waals surface area contributed by atoms with Crippen molar-refractivity contribution in [1.29, 1.82) is 0 Å². The number of pyridine rings is 1. The summed E-state index contributed by atoms with van der Waals surface area (Å²) in [6.45, 7) is 6.32. The summed E-state index contributed by atoms with van der Waals surface area (Å²) >= 11 is 0. The van der Waals surface area contributed by atoms with Crippen LogP contribution < -0.4 is 16.4 Å². The van der Waals surface area contributed by atoms with Gasteiger partial charge in [-0.25, -0.2) is 4.98 Å². The molecule has 0 aliphatic carbocycles. The number of rotatable bonds is 3. The molecule has 1 aliphatic heterocycles. The summed E-state index contributed by atoms with van der Waals surface area (Å²) in [5.74, 6) is 0.287. The molecular weight excluding hydrogens is 280 g/mol. The van der Waals surface area contributed by atoms with Gasteiger partial charge in [0.2, 0.25) is 0 Å². The molecule has 1 N–H and O–H groups in total. The summed E-state index contributed by atoms with van der Waals surface area (Å²) in [7, 11) is 0. The van der Waals surface area contributed by atoms with E-state index < -0.39 is 11.1 Å². The zero-order chi connectivity index (χ0) is 15.7. The van der Waals surface area contributed by atoms with Gasteiger partial charge in [0, 0.05) is 18.8 Å². The monoisotopic (exact) mass is 302 g/mol. The van der Waals surface area contributed by atoms with Gasteiger partial charge in [0.1, 0.15) is 0 Å². The SMILES string of the molecule is CC(C)Cn1c(=O)c(=O)n(C2CCNCC2)c2ncccc21. The molecule has 1 aliphatic rings. The minimum absolute atomic E-state index is 0.0487. The molecule has 118 valence electrons. The Morgan fingerprint density at radius 2 is 2.00 bits per heavy atom. The van der Waals surface area contributed by atoms with Crippen LogP contribution in [0, 0.1) is 5.92 Å². The van der Waals surface area contributed by atoms with Crippen LogP contribution in [0.3, 0.4) is 0 Å². The molecule has 1 saturated heterocycles. The first kappa shape index (κ1) is 15.0. The average Bonchev–Trinajstić information content (AvgIpc) is 2.53. The summed E-state index contributed by atoms with van der Waals surface area (Å²) < 4.78 is 3.20. The van der Waals surface area contributed by atoms with E-state index in [1.165, 1.54) is 0 Å². The van der Waals surface area contributed by atoms with Gasteiger partial charge in [-0.3, -0.25) is 14.2 Å². The first-order valence-electron chi connectivity index (χ1n) is 7.90. The van der Waals surface area contributed by atoms with Crippen molar-refractivity contribution in [2.24, 2.45) is 5.92 Å². The molecule has 3 heterocycles. The Kier molecular flexibility index (Phi) is 4.11. The van der Waals surface area contributed by atoms with Crippen molar-refractivity contribution in [2.75, 3.05) is 13.1 Å². The molecular formula is C16H22N4O2. The zero-order valence-electron chi connectivity index (χ0n) is 13.1. The highest BCUT2D eigenvalue weighted by atomic mass is 16.2. The largest absolute Gasteiger partial charge is 0.318 e. The van der Waals surface area contributed by atoms with Gasteiger partial charge in [-0.1, -0.05) is 13.8 Å². The number of hydrogen-bond donors (Lipinski definition) is 1. The lowest BCUT2D eigenvalue weighted by Crippen LogP contribution is -2.45. The van der Waals surface area contributed by atoms with Crippen LogP contribution >= 0.6 is 0 Å². The molecule has 3 rings (SSSR count). The van der Waals surface area contributed by atoms with Crippen molar-refractivity contribution in [2.45, 2.75) is 39.3 Å². The summed E-state index contributed by atoms with van der Waals surface area (Å²) in [6, 6.07) is 3.74. The predicted molar refractivity (Wildman–Crippen MR) is 86.2 cm³/mol. The fourth-order valence-corrected chi connectivity index (χ4v) is 3.16. The standard InChI is InChI=1S/C16H22N4O2/c1-11(2)10-19-13-4-3-7-18-14(13)20(16(22)15(19)21)12-5-8-17-9-6-12/h3-4,7,11-12,17H,5-6,8-10H2,1-2H3. The number of aromatic nitrogens is 3. The maximum Gasteiger partial charge on any atom is 0.318 e. The van der Waals surface area contributed by atoms with Crippen molar-refractivity contribution in [3.8, 4) is 0 Å². The lowest BCUT2D eigenvalue weighted by Gasteiger charge is -2.26. The Hall–Kier alpha value is -1.95. The number of hydrogen-bond acceptors (Lipinski definition) is 4. The normalized spacial score (nSPS) is 16.5. The highest BCUT2D eigenvalue weighted by Gasteiger charge is 2.22. The smallest absolute Gasteiger partial charge is 0.317 e. The molecule has 6 nitrogen and oxygen atoms in total. The van der Waals surface area contributed by atoms with Crippen molar-refractivity contribution in [1.82, 2.24) is 19.4 Å². The Morgan fingerprint density at radius 1 is 1.27 bits per heavy atom. The molecule has 0 radical (unpaired) electrons. The lowest BCUT2D eigenvalue weighted by molar-refractivity contribution is 0.363. The molecule has 6 heteroatoms. The minimum atomic E-state index is -0.446. The van der Waals surface area contributed by atoms with E-state index in [1.54, 1.807) is 15.3 Å². The van der Waals surface area contributed by atoms with Gasteiger partial charge >= 0.3 is 11.1 Å². The van der Waals surface area contributed by atoms with E-state index in [1.807, 2.05) is 26.0 Å². The Balaban J connectivity index is 2.27. The van der Waals surface area contributed by atoms with Crippen LogP contribution in [0.5, 0.6) is 0 Å². The van der Waals surface area contributed by atoms with E-state index in [4.69, 9.17) is 0 Å². The Labute approximate surface area is 128 Å². The van der Waals surface area contributed by atoms with Crippen LogP contribution in [0.4, 0.5) is 0 Å². The third-order valence-corrected chi connectivity index (χ3v) is 4.15. The molecule has 2 aromatic rings. The number of fused-ring (bicyclic) bond motifs is 1. The molecule has 0 spiro atoms. The van der Waals surface area contributed by atoms with E-state index in [2.05, 4.69) is 10.3 Å². The van der Waals surface area contributed by atoms with E-state index in [0.717, 1.165) is 31.4 Å². The van der Waals surface area contributed by atoms with E-state index >= 15 is 0 Å². The Bertz CT molecular complexity index is 785. The first-order chi connectivity index (χ1) is 10.6. The van der Waals surface area contributed by atoms with E-state index in [-0.39, 0.29) is 12.0 Å². The highest BCUT2D eigenvalue weighted by molar-refractivity contribution is 5.70. The summed E-state index contributed by atoms with van der Waals surface area (Å²) in [5, 5.41) is 3.28. The van der Waals surface area contributed by atoms with Crippen LogP contribution in [0.1, 0.15) is 32.7 Å². The van der Waals surface area contributed by atoms with Gasteiger partial charge in [0.05, 0.1) is 5.52 Å². The quantitative estimate of drug-likeness (QED) is 0.863. The second kappa shape index (κ2) is 6.04. The number of nitrogens with zero attached hydrogens (tertiary/aromatic N) is 3. The van der Waals surface area contributed by atoms with Crippen molar-refractivity contribution in [3.63, 3.8) is 0 Å².